The van der Waals surface area contributed by atoms with Crippen molar-refractivity contribution in [2.75, 3.05) is 5.73 Å². The van der Waals surface area contributed by atoms with Crippen LogP contribution in [0.5, 0.6) is 0 Å². The molecule has 0 aliphatic heterocycles. The molecule has 2 N–H and O–H groups in total. The summed E-state index contributed by atoms with van der Waals surface area (Å²) < 4.78 is 0. The lowest BCUT2D eigenvalue weighted by Gasteiger charge is -2.15. The minimum Gasteiger partial charge on any atom is -0.398 e. The molecule has 1 nitrogen and oxygen atoms in total. The second-order valence-electron chi connectivity index (χ2n) is 4.43. The van der Waals surface area contributed by atoms with Crippen molar-refractivity contribution in [2.24, 2.45) is 0 Å². The summed E-state index contributed by atoms with van der Waals surface area (Å²) in [7, 11) is 0. The van der Waals surface area contributed by atoms with Gasteiger partial charge >= 0.3 is 0 Å². The molecule has 1 aromatic rings. The van der Waals surface area contributed by atoms with E-state index in [4.69, 9.17) is 5.73 Å². The lowest BCUT2D eigenvalue weighted by molar-refractivity contribution is 0.734. The lowest BCUT2D eigenvalue weighted by Crippen LogP contribution is -2.01. The maximum absolute atomic E-state index is 6.20. The van der Waals surface area contributed by atoms with Gasteiger partial charge in [-0.1, -0.05) is 32.0 Å². The van der Waals surface area contributed by atoms with E-state index in [2.05, 4.69) is 32.0 Å². The summed E-state index contributed by atoms with van der Waals surface area (Å²) in [4.78, 5) is 0. The van der Waals surface area contributed by atoms with Gasteiger partial charge in [-0.2, -0.15) is 0 Å². The molecule has 1 aromatic carbocycles. The summed E-state index contributed by atoms with van der Waals surface area (Å²) in [6.45, 7) is 4.47. The van der Waals surface area contributed by atoms with E-state index in [0.717, 1.165) is 11.6 Å². The summed E-state index contributed by atoms with van der Waals surface area (Å²) in [5.41, 5.74) is 10.00. The van der Waals surface area contributed by atoms with Gasteiger partial charge in [0.15, 0.2) is 0 Å². The Bertz CT molecular complexity index is 326. The highest BCUT2D eigenvalue weighted by Crippen LogP contribution is 2.44. The van der Waals surface area contributed by atoms with Gasteiger partial charge in [0, 0.05) is 5.69 Å². The van der Waals surface area contributed by atoms with Crippen LogP contribution < -0.4 is 5.73 Å². The monoisotopic (exact) mass is 189 g/mol. The smallest absolute Gasteiger partial charge is 0.0384 e. The molecule has 1 aliphatic rings. The number of hydrogen-bond acceptors (Lipinski definition) is 1. The van der Waals surface area contributed by atoms with Gasteiger partial charge in [0.2, 0.25) is 0 Å². The zero-order valence-electron chi connectivity index (χ0n) is 9.09. The van der Waals surface area contributed by atoms with E-state index in [1.807, 2.05) is 0 Å². The Labute approximate surface area is 86.3 Å². The SMILES string of the molecule is CCC(C)c1cccc(C2CC2)c1N. The molecule has 76 valence electrons. The maximum atomic E-state index is 6.20. The lowest BCUT2D eigenvalue weighted by atomic mass is 9.93. The average molecular weight is 189 g/mol. The topological polar surface area (TPSA) is 26.0 Å². The van der Waals surface area contributed by atoms with Crippen molar-refractivity contribution in [2.45, 2.75) is 44.9 Å². The maximum Gasteiger partial charge on any atom is 0.0384 e. The van der Waals surface area contributed by atoms with Gasteiger partial charge in [-0.05, 0) is 42.2 Å². The zero-order chi connectivity index (χ0) is 10.1. The van der Waals surface area contributed by atoms with Gasteiger partial charge in [0.05, 0.1) is 0 Å². The highest BCUT2D eigenvalue weighted by atomic mass is 14.6. The highest BCUT2D eigenvalue weighted by Gasteiger charge is 2.26. The summed E-state index contributed by atoms with van der Waals surface area (Å²) in [5.74, 6) is 1.35. The third-order valence-electron chi connectivity index (χ3n) is 3.33. The highest BCUT2D eigenvalue weighted by molar-refractivity contribution is 5.57. The number of hydrogen-bond donors (Lipinski definition) is 1. The van der Waals surface area contributed by atoms with Crippen molar-refractivity contribution in [1.29, 1.82) is 0 Å². The number of para-hydroxylation sites is 1. The quantitative estimate of drug-likeness (QED) is 0.721. The number of anilines is 1. The zero-order valence-corrected chi connectivity index (χ0v) is 9.09. The van der Waals surface area contributed by atoms with Gasteiger partial charge in [-0.25, -0.2) is 0 Å². The van der Waals surface area contributed by atoms with Crippen LogP contribution in [-0.4, -0.2) is 0 Å². The van der Waals surface area contributed by atoms with Crippen molar-refractivity contribution in [3.63, 3.8) is 0 Å². The van der Waals surface area contributed by atoms with Crippen molar-refractivity contribution in [3.8, 4) is 0 Å². The van der Waals surface area contributed by atoms with Crippen LogP contribution in [0.25, 0.3) is 0 Å². The van der Waals surface area contributed by atoms with Crippen LogP contribution in [0.15, 0.2) is 18.2 Å². The third-order valence-corrected chi connectivity index (χ3v) is 3.33. The van der Waals surface area contributed by atoms with E-state index < -0.39 is 0 Å². The van der Waals surface area contributed by atoms with Crippen LogP contribution in [0.4, 0.5) is 5.69 Å². The van der Waals surface area contributed by atoms with E-state index in [-0.39, 0.29) is 0 Å². The molecule has 1 atom stereocenters. The van der Waals surface area contributed by atoms with E-state index in [1.54, 1.807) is 0 Å². The molecule has 1 aliphatic carbocycles. The van der Waals surface area contributed by atoms with Crippen LogP contribution in [0.1, 0.15) is 56.1 Å². The Morgan fingerprint density at radius 3 is 2.71 bits per heavy atom. The van der Waals surface area contributed by atoms with Crippen LogP contribution in [-0.2, 0) is 0 Å². The fraction of sp³-hybridized carbons (Fsp3) is 0.538. The fourth-order valence-electron chi connectivity index (χ4n) is 2.00. The Morgan fingerprint density at radius 1 is 1.43 bits per heavy atom. The molecule has 0 saturated heterocycles. The van der Waals surface area contributed by atoms with Crippen LogP contribution >= 0.6 is 0 Å². The van der Waals surface area contributed by atoms with Gasteiger partial charge in [-0.15, -0.1) is 0 Å². The minimum absolute atomic E-state index is 0.591. The van der Waals surface area contributed by atoms with E-state index in [0.29, 0.717) is 5.92 Å². The Balaban J connectivity index is 2.35. The first-order valence-electron chi connectivity index (χ1n) is 5.62. The van der Waals surface area contributed by atoms with Crippen molar-refractivity contribution in [1.82, 2.24) is 0 Å². The Kier molecular flexibility index (Phi) is 2.49. The van der Waals surface area contributed by atoms with E-state index >= 15 is 0 Å². The number of nitrogen functional groups attached to an aromatic ring is 1. The molecule has 0 bridgehead atoms. The summed E-state index contributed by atoms with van der Waals surface area (Å²) in [6, 6.07) is 6.53. The third kappa shape index (κ3) is 1.63. The van der Waals surface area contributed by atoms with E-state index in [1.165, 1.54) is 30.4 Å². The Hall–Kier alpha value is -0.980. The van der Waals surface area contributed by atoms with E-state index in [9.17, 15) is 0 Å². The largest absolute Gasteiger partial charge is 0.398 e. The Morgan fingerprint density at radius 2 is 2.14 bits per heavy atom. The average Bonchev–Trinajstić information content (AvgIpc) is 3.01. The first-order valence-corrected chi connectivity index (χ1v) is 5.62. The molecular weight excluding hydrogens is 170 g/mol. The predicted octanol–water partition coefficient (Wildman–Crippen LogP) is 3.66. The van der Waals surface area contributed by atoms with Gasteiger partial charge in [0.25, 0.3) is 0 Å². The molecule has 0 amide bonds. The standard InChI is InChI=1S/C13H19N/c1-3-9(2)11-5-4-6-12(13(11)14)10-7-8-10/h4-6,9-10H,3,7-8,14H2,1-2H3. The normalized spacial score (nSPS) is 18.1. The molecule has 0 heterocycles. The summed E-state index contributed by atoms with van der Waals surface area (Å²) >= 11 is 0. The molecule has 0 spiro atoms. The van der Waals surface area contributed by atoms with Crippen molar-refractivity contribution >= 4 is 5.69 Å². The van der Waals surface area contributed by atoms with Crippen LogP contribution in [0.3, 0.4) is 0 Å². The number of benzene rings is 1. The summed E-state index contributed by atoms with van der Waals surface area (Å²) in [6.07, 6.45) is 3.82. The molecule has 14 heavy (non-hydrogen) atoms. The van der Waals surface area contributed by atoms with Crippen LogP contribution in [0.2, 0.25) is 0 Å². The molecular formula is C13H19N. The van der Waals surface area contributed by atoms with Crippen LogP contribution in [0, 0.1) is 0 Å². The van der Waals surface area contributed by atoms with Crippen molar-refractivity contribution in [3.05, 3.63) is 29.3 Å². The number of rotatable bonds is 3. The second kappa shape index (κ2) is 3.64. The fourth-order valence-corrected chi connectivity index (χ4v) is 2.00. The summed E-state index contributed by atoms with van der Waals surface area (Å²) in [5, 5.41) is 0. The first kappa shape index (κ1) is 9.57. The molecule has 1 heteroatoms. The second-order valence-corrected chi connectivity index (χ2v) is 4.43. The molecule has 1 fully saturated rings. The van der Waals surface area contributed by atoms with Crippen molar-refractivity contribution < 1.29 is 0 Å². The first-order chi connectivity index (χ1) is 6.74. The molecule has 0 aromatic heterocycles. The van der Waals surface area contributed by atoms with Gasteiger partial charge in [0.1, 0.15) is 0 Å². The molecule has 1 unspecified atom stereocenters. The minimum atomic E-state index is 0.591. The molecule has 2 rings (SSSR count). The predicted molar refractivity (Wildman–Crippen MR) is 61.5 cm³/mol. The molecule has 0 radical (unpaired) electrons. The van der Waals surface area contributed by atoms with Gasteiger partial charge in [-0.3, -0.25) is 0 Å². The number of nitrogens with two attached hydrogens (primary N) is 1. The van der Waals surface area contributed by atoms with Gasteiger partial charge < -0.3 is 5.73 Å². The molecule has 1 saturated carbocycles.